The molecule has 0 aromatic heterocycles. The van der Waals surface area contributed by atoms with Gasteiger partial charge in [0.1, 0.15) is 0 Å². The number of aliphatic hydroxyl groups is 1. The van der Waals surface area contributed by atoms with E-state index in [0.29, 0.717) is 12.3 Å². The lowest BCUT2D eigenvalue weighted by atomic mass is 9.59. The maximum Gasteiger partial charge on any atom is 0.312 e. The number of hydrogen-bond acceptors (Lipinski definition) is 2. The molecule has 0 aromatic carbocycles. The molecule has 15 heavy (non-hydrogen) atoms. The lowest BCUT2D eigenvalue weighted by Crippen LogP contribution is -2.57. The van der Waals surface area contributed by atoms with E-state index < -0.39 is 17.0 Å². The first kappa shape index (κ1) is 12.5. The first-order chi connectivity index (χ1) is 6.73. The second kappa shape index (κ2) is 3.78. The van der Waals surface area contributed by atoms with Crippen LogP contribution in [0, 0.1) is 17.3 Å². The molecule has 1 rings (SSSR count). The standard InChI is InChI=1S/C12H22O3/c1-8-6-5-7-12(15,9(8)2)11(3,4)10(13)14/h8-9,15H,5-7H2,1-4H3,(H,13,14). The van der Waals surface area contributed by atoms with Crippen molar-refractivity contribution < 1.29 is 15.0 Å². The number of aliphatic carboxylic acids is 1. The molecular weight excluding hydrogens is 192 g/mol. The molecule has 3 atom stereocenters. The van der Waals surface area contributed by atoms with E-state index >= 15 is 0 Å². The Morgan fingerprint density at radius 3 is 2.40 bits per heavy atom. The highest BCUT2D eigenvalue weighted by atomic mass is 16.4. The highest BCUT2D eigenvalue weighted by Gasteiger charge is 2.54. The topological polar surface area (TPSA) is 57.5 Å². The molecule has 0 aliphatic heterocycles. The quantitative estimate of drug-likeness (QED) is 0.741. The largest absolute Gasteiger partial charge is 0.481 e. The molecule has 1 fully saturated rings. The first-order valence-electron chi connectivity index (χ1n) is 5.69. The van der Waals surface area contributed by atoms with Crippen LogP contribution in [0.15, 0.2) is 0 Å². The summed E-state index contributed by atoms with van der Waals surface area (Å²) in [6, 6.07) is 0. The van der Waals surface area contributed by atoms with Crippen LogP contribution in [-0.4, -0.2) is 21.8 Å². The molecule has 0 bridgehead atoms. The van der Waals surface area contributed by atoms with Crippen LogP contribution in [0.4, 0.5) is 0 Å². The van der Waals surface area contributed by atoms with Crippen LogP contribution in [0.3, 0.4) is 0 Å². The van der Waals surface area contributed by atoms with E-state index in [4.69, 9.17) is 0 Å². The van der Waals surface area contributed by atoms with Gasteiger partial charge in [-0.15, -0.1) is 0 Å². The molecule has 0 saturated heterocycles. The monoisotopic (exact) mass is 214 g/mol. The van der Waals surface area contributed by atoms with E-state index in [-0.39, 0.29) is 5.92 Å². The van der Waals surface area contributed by atoms with E-state index in [9.17, 15) is 15.0 Å². The molecule has 1 aliphatic carbocycles. The van der Waals surface area contributed by atoms with Gasteiger partial charge in [-0.25, -0.2) is 0 Å². The first-order valence-corrected chi connectivity index (χ1v) is 5.69. The minimum Gasteiger partial charge on any atom is -0.481 e. The van der Waals surface area contributed by atoms with Gasteiger partial charge in [-0.1, -0.05) is 26.7 Å². The summed E-state index contributed by atoms with van der Waals surface area (Å²) >= 11 is 0. The van der Waals surface area contributed by atoms with Crippen LogP contribution in [0.1, 0.15) is 47.0 Å². The second-order valence-electron chi connectivity index (χ2n) is 5.51. The lowest BCUT2D eigenvalue weighted by Gasteiger charge is -2.49. The number of hydrogen-bond donors (Lipinski definition) is 2. The van der Waals surface area contributed by atoms with E-state index in [0.717, 1.165) is 12.8 Å². The normalized spacial score (nSPS) is 37.7. The van der Waals surface area contributed by atoms with Gasteiger partial charge in [0.25, 0.3) is 0 Å². The summed E-state index contributed by atoms with van der Waals surface area (Å²) in [6.45, 7) is 7.31. The molecule has 0 radical (unpaired) electrons. The third kappa shape index (κ3) is 1.78. The molecule has 0 amide bonds. The van der Waals surface area contributed by atoms with E-state index in [2.05, 4.69) is 6.92 Å². The van der Waals surface area contributed by atoms with Gasteiger partial charge < -0.3 is 10.2 Å². The predicted molar refractivity (Wildman–Crippen MR) is 58.5 cm³/mol. The van der Waals surface area contributed by atoms with Gasteiger partial charge >= 0.3 is 5.97 Å². The van der Waals surface area contributed by atoms with E-state index in [1.807, 2.05) is 6.92 Å². The van der Waals surface area contributed by atoms with Crippen molar-refractivity contribution in [3.05, 3.63) is 0 Å². The highest BCUT2D eigenvalue weighted by molar-refractivity contribution is 5.75. The number of carboxylic acids is 1. The van der Waals surface area contributed by atoms with Crippen LogP contribution in [0.2, 0.25) is 0 Å². The molecule has 0 spiro atoms. The predicted octanol–water partition coefficient (Wildman–Crippen LogP) is 2.28. The van der Waals surface area contributed by atoms with Crippen LogP contribution < -0.4 is 0 Å². The van der Waals surface area contributed by atoms with Crippen molar-refractivity contribution in [2.45, 2.75) is 52.6 Å². The Kier molecular flexibility index (Phi) is 3.15. The van der Waals surface area contributed by atoms with Crippen molar-refractivity contribution in [3.63, 3.8) is 0 Å². The SMILES string of the molecule is CC1CCCC(O)(C(C)(C)C(=O)O)C1C. The van der Waals surface area contributed by atoms with Crippen molar-refractivity contribution in [2.75, 3.05) is 0 Å². The van der Waals surface area contributed by atoms with Gasteiger partial charge in [-0.05, 0) is 32.1 Å². The van der Waals surface area contributed by atoms with Gasteiger partial charge in [-0.2, -0.15) is 0 Å². The Balaban J connectivity index is 3.03. The van der Waals surface area contributed by atoms with Crippen molar-refractivity contribution in [1.29, 1.82) is 0 Å². The summed E-state index contributed by atoms with van der Waals surface area (Å²) in [4.78, 5) is 11.2. The van der Waals surface area contributed by atoms with Crippen molar-refractivity contribution in [2.24, 2.45) is 17.3 Å². The maximum absolute atomic E-state index is 11.2. The zero-order valence-electron chi connectivity index (χ0n) is 10.1. The van der Waals surface area contributed by atoms with Crippen LogP contribution in [0.25, 0.3) is 0 Å². The minimum atomic E-state index is -1.07. The Morgan fingerprint density at radius 1 is 1.40 bits per heavy atom. The van der Waals surface area contributed by atoms with Crippen molar-refractivity contribution >= 4 is 5.97 Å². The number of rotatable bonds is 2. The Morgan fingerprint density at radius 2 is 1.93 bits per heavy atom. The molecule has 1 aliphatic rings. The molecule has 2 N–H and O–H groups in total. The maximum atomic E-state index is 11.2. The van der Waals surface area contributed by atoms with E-state index in [1.165, 1.54) is 0 Å². The fourth-order valence-corrected chi connectivity index (χ4v) is 2.71. The van der Waals surface area contributed by atoms with Gasteiger partial charge in [0, 0.05) is 0 Å². The molecule has 3 nitrogen and oxygen atoms in total. The van der Waals surface area contributed by atoms with Gasteiger partial charge in [-0.3, -0.25) is 4.79 Å². The van der Waals surface area contributed by atoms with Gasteiger partial charge in [0.15, 0.2) is 0 Å². The van der Waals surface area contributed by atoms with Crippen LogP contribution >= 0.6 is 0 Å². The van der Waals surface area contributed by atoms with Gasteiger partial charge in [0.05, 0.1) is 11.0 Å². The molecule has 0 aromatic rings. The zero-order chi connectivity index (χ0) is 11.9. The van der Waals surface area contributed by atoms with Crippen LogP contribution in [0.5, 0.6) is 0 Å². The van der Waals surface area contributed by atoms with E-state index in [1.54, 1.807) is 13.8 Å². The summed E-state index contributed by atoms with van der Waals surface area (Å²) < 4.78 is 0. The zero-order valence-corrected chi connectivity index (χ0v) is 10.1. The fourth-order valence-electron chi connectivity index (χ4n) is 2.71. The average Bonchev–Trinajstić information content (AvgIpc) is 2.13. The molecule has 3 heteroatoms. The minimum absolute atomic E-state index is 0.0392. The Labute approximate surface area is 91.5 Å². The third-order valence-corrected chi connectivity index (χ3v) is 4.44. The van der Waals surface area contributed by atoms with Crippen LogP contribution in [-0.2, 0) is 4.79 Å². The molecule has 88 valence electrons. The molecule has 3 unspecified atom stereocenters. The van der Waals surface area contributed by atoms with Gasteiger partial charge in [0.2, 0.25) is 0 Å². The summed E-state index contributed by atoms with van der Waals surface area (Å²) in [5.74, 6) is -0.481. The average molecular weight is 214 g/mol. The summed E-state index contributed by atoms with van der Waals surface area (Å²) in [6.07, 6.45) is 2.59. The smallest absolute Gasteiger partial charge is 0.312 e. The second-order valence-corrected chi connectivity index (χ2v) is 5.51. The highest BCUT2D eigenvalue weighted by Crippen LogP contribution is 2.47. The summed E-state index contributed by atoms with van der Waals surface area (Å²) in [5.41, 5.74) is -2.14. The molecule has 1 saturated carbocycles. The Bertz CT molecular complexity index is 260. The van der Waals surface area contributed by atoms with Crippen molar-refractivity contribution in [3.8, 4) is 0 Å². The Hall–Kier alpha value is -0.570. The lowest BCUT2D eigenvalue weighted by molar-refractivity contribution is -0.183. The number of carbonyl (C=O) groups is 1. The third-order valence-electron chi connectivity index (χ3n) is 4.44. The molecular formula is C12H22O3. The fraction of sp³-hybridized carbons (Fsp3) is 0.917. The molecule has 0 heterocycles. The van der Waals surface area contributed by atoms with Crippen molar-refractivity contribution in [1.82, 2.24) is 0 Å². The number of carboxylic acid groups (broad SMARTS) is 1. The summed E-state index contributed by atoms with van der Waals surface area (Å²) in [5, 5.41) is 19.8. The summed E-state index contributed by atoms with van der Waals surface area (Å²) in [7, 11) is 0.